The molecule has 0 aliphatic carbocycles. The monoisotopic (exact) mass is 340 g/mol. The first-order valence-corrected chi connectivity index (χ1v) is 8.33. The number of benzene rings is 1. The van der Waals surface area contributed by atoms with Crippen molar-refractivity contribution in [2.24, 2.45) is 0 Å². The lowest BCUT2D eigenvalue weighted by molar-refractivity contribution is -0.0426. The number of aromatic nitrogens is 5. The lowest BCUT2D eigenvalue weighted by Crippen LogP contribution is -2.43. The second kappa shape index (κ2) is 7.12. The van der Waals surface area contributed by atoms with Crippen LogP contribution in [0.2, 0.25) is 0 Å². The number of hydrogen-bond donors (Lipinski definition) is 0. The van der Waals surface area contributed by atoms with Gasteiger partial charge in [-0.3, -0.25) is 9.58 Å². The third kappa shape index (κ3) is 3.75. The van der Waals surface area contributed by atoms with Crippen LogP contribution in [0.4, 0.5) is 0 Å². The molecule has 1 aromatic carbocycles. The van der Waals surface area contributed by atoms with Gasteiger partial charge in [0.25, 0.3) is 0 Å². The van der Waals surface area contributed by atoms with Crippen LogP contribution >= 0.6 is 0 Å². The summed E-state index contributed by atoms with van der Waals surface area (Å²) in [4.78, 5) is 10.8. The smallest absolute Gasteiger partial charge is 0.241 e. The first kappa shape index (κ1) is 15.9. The van der Waals surface area contributed by atoms with E-state index in [0.29, 0.717) is 31.4 Å². The summed E-state index contributed by atoms with van der Waals surface area (Å²) in [7, 11) is 0. The molecular weight excluding hydrogens is 320 g/mol. The number of rotatable bonds is 5. The Morgan fingerprint density at radius 3 is 3.04 bits per heavy atom. The Morgan fingerprint density at radius 2 is 2.20 bits per heavy atom. The molecule has 4 rings (SSSR count). The Hall–Kier alpha value is -2.58. The Balaban J connectivity index is 1.39. The Labute approximate surface area is 145 Å². The van der Waals surface area contributed by atoms with Crippen molar-refractivity contribution < 1.29 is 9.26 Å². The van der Waals surface area contributed by atoms with Crippen LogP contribution in [0.5, 0.6) is 0 Å². The van der Waals surface area contributed by atoms with Gasteiger partial charge < -0.3 is 9.26 Å². The normalized spacial score (nSPS) is 18.5. The summed E-state index contributed by atoms with van der Waals surface area (Å²) in [6.45, 7) is 5.67. The summed E-state index contributed by atoms with van der Waals surface area (Å²) in [5, 5.41) is 8.26. The fourth-order valence-electron chi connectivity index (χ4n) is 3.01. The lowest BCUT2D eigenvalue weighted by Gasteiger charge is -2.31. The fraction of sp³-hybridized carbons (Fsp3) is 0.412. The number of morpholine rings is 1. The number of nitrogens with zero attached hydrogens (tertiary/aromatic N) is 6. The highest BCUT2D eigenvalue weighted by molar-refractivity contribution is 5.58. The molecule has 1 saturated heterocycles. The van der Waals surface area contributed by atoms with E-state index in [9.17, 15) is 0 Å². The SMILES string of the molecule is Cc1ccccc1-c1noc(CN2CCOC(Cn3cncn3)C2)n1. The topological polar surface area (TPSA) is 82.1 Å². The summed E-state index contributed by atoms with van der Waals surface area (Å²) < 4.78 is 13.0. The highest BCUT2D eigenvalue weighted by Crippen LogP contribution is 2.20. The van der Waals surface area contributed by atoms with E-state index in [1.807, 2.05) is 31.2 Å². The van der Waals surface area contributed by atoms with Gasteiger partial charge in [-0.05, 0) is 12.5 Å². The molecule has 0 N–H and O–H groups in total. The molecule has 3 aromatic rings. The van der Waals surface area contributed by atoms with Crippen LogP contribution in [0.25, 0.3) is 11.4 Å². The molecule has 1 fully saturated rings. The Bertz CT molecular complexity index is 816. The van der Waals surface area contributed by atoms with Crippen molar-refractivity contribution in [1.82, 2.24) is 29.8 Å². The van der Waals surface area contributed by atoms with Gasteiger partial charge in [0, 0.05) is 18.7 Å². The van der Waals surface area contributed by atoms with Crippen molar-refractivity contribution in [3.8, 4) is 11.4 Å². The fourth-order valence-corrected chi connectivity index (χ4v) is 3.01. The van der Waals surface area contributed by atoms with E-state index in [-0.39, 0.29) is 6.10 Å². The second-order valence-electron chi connectivity index (χ2n) is 6.17. The molecule has 1 aliphatic rings. The highest BCUT2D eigenvalue weighted by atomic mass is 16.5. The predicted octanol–water partition coefficient (Wildman–Crippen LogP) is 1.54. The van der Waals surface area contributed by atoms with Crippen molar-refractivity contribution in [2.75, 3.05) is 19.7 Å². The zero-order valence-corrected chi connectivity index (χ0v) is 14.1. The van der Waals surface area contributed by atoms with Crippen LogP contribution in [0.15, 0.2) is 41.4 Å². The molecule has 25 heavy (non-hydrogen) atoms. The summed E-state index contributed by atoms with van der Waals surface area (Å²) in [6.07, 6.45) is 3.31. The van der Waals surface area contributed by atoms with Crippen LogP contribution in [0, 0.1) is 6.92 Å². The van der Waals surface area contributed by atoms with Crippen molar-refractivity contribution in [3.05, 3.63) is 48.4 Å². The molecule has 8 heteroatoms. The molecular formula is C17H20N6O2. The zero-order valence-electron chi connectivity index (χ0n) is 14.1. The highest BCUT2D eigenvalue weighted by Gasteiger charge is 2.23. The van der Waals surface area contributed by atoms with Crippen molar-refractivity contribution in [1.29, 1.82) is 0 Å². The van der Waals surface area contributed by atoms with Crippen LogP contribution in [-0.2, 0) is 17.8 Å². The van der Waals surface area contributed by atoms with Gasteiger partial charge in [0.2, 0.25) is 11.7 Å². The van der Waals surface area contributed by atoms with Gasteiger partial charge >= 0.3 is 0 Å². The summed E-state index contributed by atoms with van der Waals surface area (Å²) in [6, 6.07) is 8.03. The van der Waals surface area contributed by atoms with Gasteiger partial charge in [-0.2, -0.15) is 10.1 Å². The molecule has 1 aliphatic heterocycles. The third-order valence-electron chi connectivity index (χ3n) is 4.29. The van der Waals surface area contributed by atoms with E-state index in [1.54, 1.807) is 11.0 Å². The summed E-state index contributed by atoms with van der Waals surface area (Å²) in [5.41, 5.74) is 2.14. The van der Waals surface area contributed by atoms with Crippen molar-refractivity contribution >= 4 is 0 Å². The van der Waals surface area contributed by atoms with Crippen LogP contribution in [0.1, 0.15) is 11.5 Å². The molecule has 3 heterocycles. The number of aryl methyl sites for hydroxylation is 1. The van der Waals surface area contributed by atoms with Gasteiger partial charge in [-0.25, -0.2) is 4.98 Å². The molecule has 8 nitrogen and oxygen atoms in total. The maximum Gasteiger partial charge on any atom is 0.241 e. The molecule has 1 atom stereocenters. The quantitative estimate of drug-likeness (QED) is 0.697. The largest absolute Gasteiger partial charge is 0.374 e. The van der Waals surface area contributed by atoms with Gasteiger partial charge in [0.1, 0.15) is 12.7 Å². The van der Waals surface area contributed by atoms with Crippen LogP contribution in [0.3, 0.4) is 0 Å². The number of ether oxygens (including phenoxy) is 1. The molecule has 0 saturated carbocycles. The minimum absolute atomic E-state index is 0.0780. The van der Waals surface area contributed by atoms with Gasteiger partial charge in [-0.1, -0.05) is 29.4 Å². The Kier molecular flexibility index (Phi) is 4.53. The predicted molar refractivity (Wildman–Crippen MR) is 89.5 cm³/mol. The van der Waals surface area contributed by atoms with Gasteiger partial charge in [0.05, 0.1) is 25.8 Å². The van der Waals surface area contributed by atoms with Gasteiger partial charge in [0.15, 0.2) is 0 Å². The lowest BCUT2D eigenvalue weighted by atomic mass is 10.1. The molecule has 1 unspecified atom stereocenters. The van der Waals surface area contributed by atoms with E-state index in [2.05, 4.69) is 25.1 Å². The first-order chi connectivity index (χ1) is 12.3. The Morgan fingerprint density at radius 1 is 1.28 bits per heavy atom. The minimum atomic E-state index is 0.0780. The van der Waals surface area contributed by atoms with Crippen molar-refractivity contribution in [2.45, 2.75) is 26.1 Å². The number of hydrogen-bond acceptors (Lipinski definition) is 7. The van der Waals surface area contributed by atoms with E-state index in [4.69, 9.17) is 9.26 Å². The molecule has 0 amide bonds. The van der Waals surface area contributed by atoms with E-state index in [0.717, 1.165) is 24.2 Å². The summed E-state index contributed by atoms with van der Waals surface area (Å²) >= 11 is 0. The second-order valence-corrected chi connectivity index (χ2v) is 6.17. The molecule has 2 aromatic heterocycles. The van der Waals surface area contributed by atoms with Crippen LogP contribution in [-0.4, -0.2) is 55.6 Å². The van der Waals surface area contributed by atoms with Crippen LogP contribution < -0.4 is 0 Å². The van der Waals surface area contributed by atoms with E-state index >= 15 is 0 Å². The standard InChI is InChI=1S/C17H20N6O2/c1-13-4-2-3-5-15(13)17-20-16(25-21-17)10-22-6-7-24-14(8-22)9-23-12-18-11-19-23/h2-5,11-12,14H,6-10H2,1H3. The third-order valence-corrected chi connectivity index (χ3v) is 4.29. The van der Waals surface area contributed by atoms with Gasteiger partial charge in [-0.15, -0.1) is 0 Å². The first-order valence-electron chi connectivity index (χ1n) is 8.33. The van der Waals surface area contributed by atoms with E-state index < -0.39 is 0 Å². The maximum absolute atomic E-state index is 5.81. The molecule has 0 radical (unpaired) electrons. The average Bonchev–Trinajstić information content (AvgIpc) is 3.28. The minimum Gasteiger partial charge on any atom is -0.374 e. The van der Waals surface area contributed by atoms with E-state index in [1.165, 1.54) is 6.33 Å². The summed E-state index contributed by atoms with van der Waals surface area (Å²) in [5.74, 6) is 1.26. The molecule has 0 spiro atoms. The van der Waals surface area contributed by atoms with Crippen molar-refractivity contribution in [3.63, 3.8) is 0 Å². The average molecular weight is 340 g/mol. The molecule has 0 bridgehead atoms. The zero-order chi connectivity index (χ0) is 17.1. The maximum atomic E-state index is 5.81. The molecule has 130 valence electrons.